The van der Waals surface area contributed by atoms with Gasteiger partial charge in [0.2, 0.25) is 0 Å². The van der Waals surface area contributed by atoms with E-state index in [9.17, 15) is 0 Å². The first kappa shape index (κ1) is 11.4. The smallest absolute Gasteiger partial charge is 0.0192 e. The lowest BCUT2D eigenvalue weighted by molar-refractivity contribution is 0.0840. The van der Waals surface area contributed by atoms with Crippen LogP contribution < -0.4 is 5.32 Å². The van der Waals surface area contributed by atoms with Gasteiger partial charge in [0.1, 0.15) is 0 Å². The molecule has 1 heterocycles. The molecule has 2 aliphatic rings. The molecule has 0 radical (unpaired) electrons. The standard InChI is InChI=1S/C13H26N2/c1-3-12-10-15(9-5-8-14-12)11-13(2)6-4-7-13/h12,14H,3-11H2,1-2H3. The van der Waals surface area contributed by atoms with E-state index in [0.717, 1.165) is 6.04 Å². The molecular formula is C13H26N2. The summed E-state index contributed by atoms with van der Waals surface area (Å²) in [7, 11) is 0. The maximum Gasteiger partial charge on any atom is 0.0192 e. The average Bonchev–Trinajstić information content (AvgIpc) is 2.40. The summed E-state index contributed by atoms with van der Waals surface area (Å²) in [5, 5.41) is 3.64. The quantitative estimate of drug-likeness (QED) is 0.768. The van der Waals surface area contributed by atoms with Gasteiger partial charge >= 0.3 is 0 Å². The van der Waals surface area contributed by atoms with E-state index >= 15 is 0 Å². The third-order valence-electron chi connectivity index (χ3n) is 4.22. The van der Waals surface area contributed by atoms with Crippen molar-refractivity contribution in [1.82, 2.24) is 10.2 Å². The molecular weight excluding hydrogens is 184 g/mol. The van der Waals surface area contributed by atoms with Gasteiger partial charge in [-0.3, -0.25) is 0 Å². The van der Waals surface area contributed by atoms with Crippen LogP contribution >= 0.6 is 0 Å². The van der Waals surface area contributed by atoms with Crippen LogP contribution in [0, 0.1) is 5.41 Å². The normalized spacial score (nSPS) is 32.0. The van der Waals surface area contributed by atoms with Crippen molar-refractivity contribution in [3.8, 4) is 0 Å². The van der Waals surface area contributed by atoms with E-state index in [-0.39, 0.29) is 0 Å². The predicted octanol–water partition coefficient (Wildman–Crippen LogP) is 2.25. The summed E-state index contributed by atoms with van der Waals surface area (Å²) in [6.07, 6.45) is 6.96. The molecule has 2 heteroatoms. The second kappa shape index (κ2) is 4.84. The molecule has 0 aromatic heterocycles. The van der Waals surface area contributed by atoms with Crippen molar-refractivity contribution >= 4 is 0 Å². The van der Waals surface area contributed by atoms with Crippen LogP contribution in [-0.2, 0) is 0 Å². The Bertz CT molecular complexity index is 199. The van der Waals surface area contributed by atoms with Crippen molar-refractivity contribution < 1.29 is 0 Å². The van der Waals surface area contributed by atoms with Gasteiger partial charge in [-0.15, -0.1) is 0 Å². The monoisotopic (exact) mass is 210 g/mol. The number of hydrogen-bond donors (Lipinski definition) is 1. The Balaban J connectivity index is 1.84. The van der Waals surface area contributed by atoms with Crippen molar-refractivity contribution in [2.75, 3.05) is 26.2 Å². The van der Waals surface area contributed by atoms with Gasteiger partial charge in [-0.1, -0.05) is 20.3 Å². The highest BCUT2D eigenvalue weighted by molar-refractivity contribution is 4.88. The van der Waals surface area contributed by atoms with Gasteiger partial charge in [-0.25, -0.2) is 0 Å². The third kappa shape index (κ3) is 2.94. The summed E-state index contributed by atoms with van der Waals surface area (Å²) in [6, 6.07) is 0.733. The zero-order valence-corrected chi connectivity index (χ0v) is 10.4. The van der Waals surface area contributed by atoms with Crippen LogP contribution in [0.1, 0.15) is 46.0 Å². The summed E-state index contributed by atoms with van der Waals surface area (Å²) in [5.74, 6) is 0. The van der Waals surface area contributed by atoms with Gasteiger partial charge in [0, 0.05) is 19.1 Å². The lowest BCUT2D eigenvalue weighted by atomic mass is 9.70. The topological polar surface area (TPSA) is 15.3 Å². The molecule has 1 atom stereocenters. The van der Waals surface area contributed by atoms with E-state index in [0.29, 0.717) is 5.41 Å². The predicted molar refractivity (Wildman–Crippen MR) is 65.1 cm³/mol. The Kier molecular flexibility index (Phi) is 3.68. The van der Waals surface area contributed by atoms with Crippen molar-refractivity contribution in [3.63, 3.8) is 0 Å². The van der Waals surface area contributed by atoms with Crippen molar-refractivity contribution in [2.45, 2.75) is 52.0 Å². The maximum atomic E-state index is 3.64. The van der Waals surface area contributed by atoms with Gasteiger partial charge in [-0.2, -0.15) is 0 Å². The summed E-state index contributed by atoms with van der Waals surface area (Å²) in [4.78, 5) is 2.70. The number of hydrogen-bond acceptors (Lipinski definition) is 2. The SMILES string of the molecule is CCC1CN(CC2(C)CCC2)CCCN1. The second-order valence-electron chi connectivity index (χ2n) is 5.81. The molecule has 0 spiro atoms. The number of nitrogens with zero attached hydrogens (tertiary/aromatic N) is 1. The van der Waals surface area contributed by atoms with Crippen LogP contribution in [0.3, 0.4) is 0 Å². The molecule has 1 saturated heterocycles. The second-order valence-corrected chi connectivity index (χ2v) is 5.81. The van der Waals surface area contributed by atoms with Gasteiger partial charge < -0.3 is 10.2 Å². The van der Waals surface area contributed by atoms with Gasteiger partial charge in [0.15, 0.2) is 0 Å². The fourth-order valence-electron chi connectivity index (χ4n) is 2.97. The van der Waals surface area contributed by atoms with Crippen LogP contribution in [0.25, 0.3) is 0 Å². The highest BCUT2D eigenvalue weighted by atomic mass is 15.2. The maximum absolute atomic E-state index is 3.64. The Labute approximate surface area is 94.4 Å². The van der Waals surface area contributed by atoms with E-state index in [1.807, 2.05) is 0 Å². The van der Waals surface area contributed by atoms with Crippen LogP contribution in [0.2, 0.25) is 0 Å². The fraction of sp³-hybridized carbons (Fsp3) is 1.00. The Morgan fingerprint density at radius 2 is 2.13 bits per heavy atom. The summed E-state index contributed by atoms with van der Waals surface area (Å²) < 4.78 is 0. The highest BCUT2D eigenvalue weighted by Crippen LogP contribution is 2.40. The number of nitrogens with one attached hydrogen (secondary N) is 1. The van der Waals surface area contributed by atoms with Gasteiger partial charge in [-0.05, 0) is 44.2 Å². The minimum atomic E-state index is 0.655. The van der Waals surface area contributed by atoms with E-state index in [1.54, 1.807) is 0 Å². The first-order valence-electron chi connectivity index (χ1n) is 6.68. The molecule has 0 amide bonds. The van der Waals surface area contributed by atoms with Gasteiger partial charge in [0.05, 0.1) is 0 Å². The van der Waals surface area contributed by atoms with Crippen LogP contribution in [-0.4, -0.2) is 37.1 Å². The number of rotatable bonds is 3. The third-order valence-corrected chi connectivity index (χ3v) is 4.22. The van der Waals surface area contributed by atoms with E-state index in [2.05, 4.69) is 24.1 Å². The molecule has 88 valence electrons. The van der Waals surface area contributed by atoms with E-state index < -0.39 is 0 Å². The molecule has 1 unspecified atom stereocenters. The zero-order valence-electron chi connectivity index (χ0n) is 10.4. The first-order chi connectivity index (χ1) is 7.22. The summed E-state index contributed by atoms with van der Waals surface area (Å²) in [5.41, 5.74) is 0.655. The highest BCUT2D eigenvalue weighted by Gasteiger charge is 2.34. The van der Waals surface area contributed by atoms with Crippen molar-refractivity contribution in [2.24, 2.45) is 5.41 Å². The van der Waals surface area contributed by atoms with E-state index in [1.165, 1.54) is 58.3 Å². The molecule has 2 fully saturated rings. The Morgan fingerprint density at radius 1 is 1.33 bits per heavy atom. The van der Waals surface area contributed by atoms with Crippen molar-refractivity contribution in [3.05, 3.63) is 0 Å². The molecule has 15 heavy (non-hydrogen) atoms. The average molecular weight is 210 g/mol. The van der Waals surface area contributed by atoms with E-state index in [4.69, 9.17) is 0 Å². The molecule has 1 aliphatic heterocycles. The van der Waals surface area contributed by atoms with Crippen LogP contribution in [0.4, 0.5) is 0 Å². The molecule has 0 aromatic carbocycles. The molecule has 0 aromatic rings. The molecule has 1 saturated carbocycles. The zero-order chi connectivity index (χ0) is 10.7. The summed E-state index contributed by atoms with van der Waals surface area (Å²) in [6.45, 7) is 9.89. The summed E-state index contributed by atoms with van der Waals surface area (Å²) >= 11 is 0. The largest absolute Gasteiger partial charge is 0.313 e. The Hall–Kier alpha value is -0.0800. The molecule has 0 bridgehead atoms. The minimum absolute atomic E-state index is 0.655. The molecule has 1 aliphatic carbocycles. The van der Waals surface area contributed by atoms with Crippen LogP contribution in [0.15, 0.2) is 0 Å². The fourth-order valence-corrected chi connectivity index (χ4v) is 2.97. The van der Waals surface area contributed by atoms with Crippen molar-refractivity contribution in [1.29, 1.82) is 0 Å². The Morgan fingerprint density at radius 3 is 2.73 bits per heavy atom. The minimum Gasteiger partial charge on any atom is -0.313 e. The first-order valence-corrected chi connectivity index (χ1v) is 6.68. The molecule has 2 rings (SSSR count). The molecule has 2 nitrogen and oxygen atoms in total. The lowest BCUT2D eigenvalue weighted by Crippen LogP contribution is -2.44. The lowest BCUT2D eigenvalue weighted by Gasteiger charge is -2.42. The molecule has 1 N–H and O–H groups in total. The van der Waals surface area contributed by atoms with Crippen LogP contribution in [0.5, 0.6) is 0 Å². The van der Waals surface area contributed by atoms with Gasteiger partial charge in [0.25, 0.3) is 0 Å².